The molecule has 1 aliphatic rings. The standard InChI is InChI=1S/C27H25F2N3O3S/c1-2-15-35-23-13-11-21(12-14-23)30-26(34)24-16-25(33)32(17-18-3-5-19(28)6-4-18)27(36-24)31-22-9-7-20(29)8-10-22/h3-14,24H,2,15-17H2,1H3,(H,30,34). The van der Waals surface area contributed by atoms with Gasteiger partial charge in [-0.15, -0.1) is 0 Å². The first-order valence-electron chi connectivity index (χ1n) is 11.5. The Hall–Kier alpha value is -3.72. The zero-order valence-corrected chi connectivity index (χ0v) is 20.4. The molecule has 3 aromatic rings. The van der Waals surface area contributed by atoms with Gasteiger partial charge in [-0.3, -0.25) is 14.5 Å². The van der Waals surface area contributed by atoms with Gasteiger partial charge in [0.2, 0.25) is 11.8 Å². The predicted octanol–water partition coefficient (Wildman–Crippen LogP) is 5.91. The van der Waals surface area contributed by atoms with Crippen molar-refractivity contribution in [3.63, 3.8) is 0 Å². The van der Waals surface area contributed by atoms with E-state index in [0.717, 1.165) is 18.2 Å². The number of benzene rings is 3. The van der Waals surface area contributed by atoms with Crippen LogP contribution in [0.25, 0.3) is 0 Å². The average molecular weight is 510 g/mol. The third kappa shape index (κ3) is 6.69. The summed E-state index contributed by atoms with van der Waals surface area (Å²) in [5, 5.41) is 2.45. The Labute approximate surface area is 212 Å². The van der Waals surface area contributed by atoms with Gasteiger partial charge in [0.05, 0.1) is 18.8 Å². The average Bonchev–Trinajstić information content (AvgIpc) is 2.88. The second kappa shape index (κ2) is 11.8. The molecule has 1 saturated heterocycles. The van der Waals surface area contributed by atoms with Gasteiger partial charge in [0.25, 0.3) is 0 Å². The van der Waals surface area contributed by atoms with Crippen molar-refractivity contribution in [2.75, 3.05) is 11.9 Å². The Morgan fingerprint density at radius 2 is 1.67 bits per heavy atom. The molecule has 4 rings (SSSR count). The number of thioether (sulfide) groups is 1. The Kier molecular flexibility index (Phi) is 8.32. The SMILES string of the molecule is CCCOc1ccc(NC(=O)C2CC(=O)N(Cc3ccc(F)cc3)C(=Nc3ccc(F)cc3)S2)cc1. The van der Waals surface area contributed by atoms with E-state index in [2.05, 4.69) is 10.3 Å². The lowest BCUT2D eigenvalue weighted by Crippen LogP contribution is -2.44. The number of amides is 2. The highest BCUT2D eigenvalue weighted by atomic mass is 32.2. The number of aliphatic imine (C=N–C) groups is 1. The molecule has 1 N–H and O–H groups in total. The lowest BCUT2D eigenvalue weighted by molar-refractivity contribution is -0.129. The molecular weight excluding hydrogens is 484 g/mol. The van der Waals surface area contributed by atoms with Gasteiger partial charge in [0, 0.05) is 12.1 Å². The molecule has 0 radical (unpaired) electrons. The second-order valence-electron chi connectivity index (χ2n) is 8.15. The molecule has 0 aliphatic carbocycles. The minimum atomic E-state index is -0.711. The minimum Gasteiger partial charge on any atom is -0.494 e. The first kappa shape index (κ1) is 25.4. The second-order valence-corrected chi connectivity index (χ2v) is 9.32. The molecule has 0 aromatic heterocycles. The van der Waals surface area contributed by atoms with E-state index in [9.17, 15) is 18.4 Å². The summed E-state index contributed by atoms with van der Waals surface area (Å²) in [7, 11) is 0. The fourth-order valence-electron chi connectivity index (χ4n) is 3.47. The first-order chi connectivity index (χ1) is 17.4. The van der Waals surface area contributed by atoms with Gasteiger partial charge in [0.15, 0.2) is 5.17 Å². The van der Waals surface area contributed by atoms with Crippen molar-refractivity contribution in [3.8, 4) is 5.75 Å². The number of halogens is 2. The van der Waals surface area contributed by atoms with E-state index >= 15 is 0 Å². The molecule has 1 atom stereocenters. The number of ether oxygens (including phenoxy) is 1. The quantitative estimate of drug-likeness (QED) is 0.410. The highest BCUT2D eigenvalue weighted by molar-refractivity contribution is 8.15. The van der Waals surface area contributed by atoms with Crippen molar-refractivity contribution >= 4 is 40.1 Å². The van der Waals surface area contributed by atoms with Crippen LogP contribution < -0.4 is 10.1 Å². The Morgan fingerprint density at radius 1 is 1.03 bits per heavy atom. The number of nitrogens with one attached hydrogen (secondary N) is 1. The molecule has 9 heteroatoms. The summed E-state index contributed by atoms with van der Waals surface area (Å²) in [5.41, 5.74) is 1.74. The highest BCUT2D eigenvalue weighted by Gasteiger charge is 2.36. The highest BCUT2D eigenvalue weighted by Crippen LogP contribution is 2.31. The maximum absolute atomic E-state index is 13.4. The largest absolute Gasteiger partial charge is 0.494 e. The number of carbonyl (C=O) groups excluding carboxylic acids is 2. The number of hydrogen-bond donors (Lipinski definition) is 1. The van der Waals surface area contributed by atoms with Crippen LogP contribution in [0.15, 0.2) is 77.8 Å². The van der Waals surface area contributed by atoms with Gasteiger partial charge in [-0.2, -0.15) is 0 Å². The molecule has 0 spiro atoms. The Morgan fingerprint density at radius 3 is 2.31 bits per heavy atom. The summed E-state index contributed by atoms with van der Waals surface area (Å²) in [6.45, 7) is 2.79. The maximum atomic E-state index is 13.4. The summed E-state index contributed by atoms with van der Waals surface area (Å²) < 4.78 is 32.3. The van der Waals surface area contributed by atoms with Crippen molar-refractivity contribution < 1.29 is 23.1 Å². The molecule has 1 unspecified atom stereocenters. The van der Waals surface area contributed by atoms with E-state index in [0.29, 0.717) is 34.5 Å². The van der Waals surface area contributed by atoms with E-state index in [4.69, 9.17) is 4.74 Å². The predicted molar refractivity (Wildman–Crippen MR) is 137 cm³/mol. The number of hydrogen-bond acceptors (Lipinski definition) is 5. The molecule has 3 aromatic carbocycles. The first-order valence-corrected chi connectivity index (χ1v) is 12.4. The number of amidine groups is 1. The van der Waals surface area contributed by atoms with Crippen LogP contribution >= 0.6 is 11.8 Å². The van der Waals surface area contributed by atoms with Crippen LogP contribution in [0.2, 0.25) is 0 Å². The van der Waals surface area contributed by atoms with Gasteiger partial charge in [-0.25, -0.2) is 13.8 Å². The van der Waals surface area contributed by atoms with Crippen LogP contribution in [0.4, 0.5) is 20.2 Å². The molecule has 0 saturated carbocycles. The number of carbonyl (C=O) groups is 2. The summed E-state index contributed by atoms with van der Waals surface area (Å²) >= 11 is 1.16. The van der Waals surface area contributed by atoms with Gasteiger partial charge in [-0.1, -0.05) is 30.8 Å². The molecule has 0 bridgehead atoms. The lowest BCUT2D eigenvalue weighted by atomic mass is 10.2. The molecule has 2 amide bonds. The van der Waals surface area contributed by atoms with E-state index in [1.807, 2.05) is 6.92 Å². The summed E-state index contributed by atoms with van der Waals surface area (Å²) in [6.07, 6.45) is 0.864. The van der Waals surface area contributed by atoms with Crippen LogP contribution in [0.1, 0.15) is 25.3 Å². The molecule has 1 fully saturated rings. The number of rotatable bonds is 8. The molecule has 36 heavy (non-hydrogen) atoms. The van der Waals surface area contributed by atoms with Gasteiger partial charge >= 0.3 is 0 Å². The normalized spacial score (nSPS) is 16.8. The zero-order chi connectivity index (χ0) is 25.5. The van der Waals surface area contributed by atoms with Crippen molar-refractivity contribution in [3.05, 3.63) is 90.0 Å². The van der Waals surface area contributed by atoms with Crippen molar-refractivity contribution in [2.24, 2.45) is 4.99 Å². The lowest BCUT2D eigenvalue weighted by Gasteiger charge is -2.32. The van der Waals surface area contributed by atoms with E-state index < -0.39 is 11.1 Å². The van der Waals surface area contributed by atoms with E-state index in [1.54, 1.807) is 36.4 Å². The molecule has 186 valence electrons. The van der Waals surface area contributed by atoms with Crippen molar-refractivity contribution in [1.82, 2.24) is 4.90 Å². The molecule has 1 heterocycles. The van der Waals surface area contributed by atoms with Gasteiger partial charge in [-0.05, 0) is 72.6 Å². The van der Waals surface area contributed by atoms with Crippen LogP contribution in [0.3, 0.4) is 0 Å². The smallest absolute Gasteiger partial charge is 0.238 e. The van der Waals surface area contributed by atoms with E-state index in [-0.39, 0.29) is 30.6 Å². The Bertz CT molecular complexity index is 1230. The number of anilines is 1. The zero-order valence-electron chi connectivity index (χ0n) is 19.6. The summed E-state index contributed by atoms with van der Waals surface area (Å²) in [6, 6.07) is 18.4. The van der Waals surface area contributed by atoms with Crippen molar-refractivity contribution in [2.45, 2.75) is 31.6 Å². The van der Waals surface area contributed by atoms with Crippen LogP contribution in [-0.2, 0) is 16.1 Å². The molecular formula is C27H25F2N3O3S. The van der Waals surface area contributed by atoms with Crippen LogP contribution in [0.5, 0.6) is 5.75 Å². The molecule has 1 aliphatic heterocycles. The van der Waals surface area contributed by atoms with E-state index in [1.165, 1.54) is 41.3 Å². The topological polar surface area (TPSA) is 71.0 Å². The Balaban J connectivity index is 1.52. The minimum absolute atomic E-state index is 0.0299. The fraction of sp³-hybridized carbons (Fsp3) is 0.222. The van der Waals surface area contributed by atoms with Crippen LogP contribution in [-0.4, -0.2) is 33.7 Å². The summed E-state index contributed by atoms with van der Waals surface area (Å²) in [4.78, 5) is 32.2. The maximum Gasteiger partial charge on any atom is 0.238 e. The summed E-state index contributed by atoms with van der Waals surface area (Å²) in [5.74, 6) is -0.689. The number of nitrogens with zero attached hydrogens (tertiary/aromatic N) is 2. The third-order valence-corrected chi connectivity index (χ3v) is 6.52. The monoisotopic (exact) mass is 509 g/mol. The van der Waals surface area contributed by atoms with Gasteiger partial charge in [0.1, 0.15) is 22.6 Å². The van der Waals surface area contributed by atoms with Crippen molar-refractivity contribution in [1.29, 1.82) is 0 Å². The molecule has 6 nitrogen and oxygen atoms in total. The third-order valence-electron chi connectivity index (χ3n) is 5.33. The van der Waals surface area contributed by atoms with Gasteiger partial charge < -0.3 is 10.1 Å². The fourth-order valence-corrected chi connectivity index (χ4v) is 4.57. The van der Waals surface area contributed by atoms with Crippen LogP contribution in [0, 0.1) is 11.6 Å².